The summed E-state index contributed by atoms with van der Waals surface area (Å²) in [7, 11) is 1.60. The van der Waals surface area contributed by atoms with Gasteiger partial charge in [-0.05, 0) is 31.2 Å². The van der Waals surface area contributed by atoms with E-state index in [0.29, 0.717) is 6.54 Å². The molecule has 0 saturated carbocycles. The van der Waals surface area contributed by atoms with E-state index in [2.05, 4.69) is 4.90 Å². The zero-order chi connectivity index (χ0) is 15.2. The molecule has 2 rings (SSSR count). The van der Waals surface area contributed by atoms with Crippen molar-refractivity contribution in [2.45, 2.75) is 13.0 Å². The Morgan fingerprint density at radius 1 is 1.24 bits per heavy atom. The van der Waals surface area contributed by atoms with Crippen LogP contribution in [0.4, 0.5) is 0 Å². The molecule has 2 N–H and O–H groups in total. The molecule has 0 unspecified atom stereocenters. The highest BCUT2D eigenvalue weighted by atomic mass is 16.5. The number of carboxylic acid groups (broad SMARTS) is 1. The summed E-state index contributed by atoms with van der Waals surface area (Å²) in [5.41, 5.74) is 0.834. The van der Waals surface area contributed by atoms with Crippen molar-refractivity contribution in [2.24, 2.45) is 0 Å². The van der Waals surface area contributed by atoms with E-state index in [4.69, 9.17) is 9.84 Å². The van der Waals surface area contributed by atoms with E-state index < -0.39 is 5.97 Å². The second-order valence-electron chi connectivity index (χ2n) is 5.29. The molecule has 0 aromatic heterocycles. The van der Waals surface area contributed by atoms with E-state index >= 15 is 0 Å². The Morgan fingerprint density at radius 3 is 2.67 bits per heavy atom. The zero-order valence-electron chi connectivity index (χ0n) is 12.3. The highest BCUT2D eigenvalue weighted by Crippen LogP contribution is 2.24. The molecule has 6 heteroatoms. The Balaban J connectivity index is 1.95. The van der Waals surface area contributed by atoms with Gasteiger partial charge in [0.25, 0.3) is 0 Å². The van der Waals surface area contributed by atoms with Crippen LogP contribution in [0.15, 0.2) is 18.2 Å². The number of carbonyl (C=O) groups is 1. The van der Waals surface area contributed by atoms with E-state index in [-0.39, 0.29) is 12.3 Å². The fraction of sp³-hybridized carbons (Fsp3) is 0.533. The average molecular weight is 294 g/mol. The topological polar surface area (TPSA) is 73.2 Å². The number of ether oxygens (including phenoxy) is 1. The Hall–Kier alpha value is -1.79. The maximum Gasteiger partial charge on any atom is 0.317 e. The number of rotatable bonds is 5. The van der Waals surface area contributed by atoms with Crippen LogP contribution in [0.3, 0.4) is 0 Å². The number of aliphatic carboxylic acids is 1. The third-order valence-corrected chi connectivity index (χ3v) is 3.72. The summed E-state index contributed by atoms with van der Waals surface area (Å²) < 4.78 is 5.18. The molecule has 0 aliphatic carbocycles. The van der Waals surface area contributed by atoms with Gasteiger partial charge in [0.05, 0.1) is 13.7 Å². The molecule has 0 atom stereocenters. The quantitative estimate of drug-likeness (QED) is 0.844. The summed E-state index contributed by atoms with van der Waals surface area (Å²) >= 11 is 0. The third kappa shape index (κ3) is 4.61. The molecule has 21 heavy (non-hydrogen) atoms. The van der Waals surface area contributed by atoms with Gasteiger partial charge in [-0.2, -0.15) is 0 Å². The van der Waals surface area contributed by atoms with Crippen molar-refractivity contribution in [2.75, 3.05) is 39.8 Å². The number of hydrogen-bond donors (Lipinski definition) is 2. The predicted octanol–water partition coefficient (Wildman–Crippen LogP) is 0.993. The van der Waals surface area contributed by atoms with Gasteiger partial charge in [-0.25, -0.2) is 0 Å². The van der Waals surface area contributed by atoms with Crippen LogP contribution in [0.2, 0.25) is 0 Å². The fourth-order valence-corrected chi connectivity index (χ4v) is 2.59. The van der Waals surface area contributed by atoms with Crippen LogP contribution < -0.4 is 4.74 Å². The van der Waals surface area contributed by atoms with Gasteiger partial charge in [-0.15, -0.1) is 0 Å². The molecule has 1 saturated heterocycles. The van der Waals surface area contributed by atoms with Crippen LogP contribution in [-0.2, 0) is 11.3 Å². The van der Waals surface area contributed by atoms with Crippen LogP contribution >= 0.6 is 0 Å². The largest absolute Gasteiger partial charge is 0.508 e. The molecule has 1 heterocycles. The molecule has 1 aliphatic rings. The first-order valence-electron chi connectivity index (χ1n) is 7.11. The number of carboxylic acids is 1. The van der Waals surface area contributed by atoms with E-state index in [1.54, 1.807) is 19.2 Å². The van der Waals surface area contributed by atoms with Gasteiger partial charge in [0, 0.05) is 31.7 Å². The van der Waals surface area contributed by atoms with Crippen molar-refractivity contribution in [3.05, 3.63) is 23.8 Å². The molecule has 6 nitrogen and oxygen atoms in total. The maximum absolute atomic E-state index is 10.8. The predicted molar refractivity (Wildman–Crippen MR) is 78.6 cm³/mol. The van der Waals surface area contributed by atoms with Crippen LogP contribution in [0.1, 0.15) is 12.0 Å². The van der Waals surface area contributed by atoms with E-state index in [1.165, 1.54) is 0 Å². The highest BCUT2D eigenvalue weighted by molar-refractivity contribution is 5.69. The van der Waals surface area contributed by atoms with Crippen molar-refractivity contribution >= 4 is 5.97 Å². The minimum Gasteiger partial charge on any atom is -0.508 e. The molecule has 1 aromatic carbocycles. The van der Waals surface area contributed by atoms with Gasteiger partial charge in [0.1, 0.15) is 11.5 Å². The van der Waals surface area contributed by atoms with Gasteiger partial charge in [-0.3, -0.25) is 14.6 Å². The normalized spacial score (nSPS) is 17.4. The number of benzene rings is 1. The number of nitrogens with zero attached hydrogens (tertiary/aromatic N) is 2. The first-order chi connectivity index (χ1) is 10.1. The molecule has 0 amide bonds. The second kappa shape index (κ2) is 7.28. The molecule has 116 valence electrons. The minimum atomic E-state index is -0.783. The molecular formula is C15H22N2O4. The number of phenols is 1. The standard InChI is InChI=1S/C15H22N2O4/c1-21-13-3-4-14(18)12(9-13)10-16-5-2-6-17(8-7-16)11-15(19)20/h3-4,9,18H,2,5-8,10-11H2,1H3,(H,19,20). The molecule has 1 aliphatic heterocycles. The molecule has 1 aromatic rings. The summed E-state index contributed by atoms with van der Waals surface area (Å²) in [6.45, 7) is 3.96. The lowest BCUT2D eigenvalue weighted by Crippen LogP contribution is -2.34. The lowest BCUT2D eigenvalue weighted by molar-refractivity contribution is -0.138. The summed E-state index contributed by atoms with van der Waals surface area (Å²) in [5, 5.41) is 18.8. The Labute approximate surface area is 124 Å². The number of methoxy groups -OCH3 is 1. The first-order valence-corrected chi connectivity index (χ1v) is 7.11. The van der Waals surface area contributed by atoms with Crippen LogP contribution in [0.25, 0.3) is 0 Å². The summed E-state index contributed by atoms with van der Waals surface area (Å²) in [6.07, 6.45) is 0.929. The Bertz CT molecular complexity index is 493. The number of aromatic hydroxyl groups is 1. The minimum absolute atomic E-state index is 0.0955. The van der Waals surface area contributed by atoms with E-state index in [0.717, 1.165) is 43.9 Å². The van der Waals surface area contributed by atoms with Crippen LogP contribution in [0.5, 0.6) is 11.5 Å². The van der Waals surface area contributed by atoms with Gasteiger partial charge in [-0.1, -0.05) is 0 Å². The first kappa shape index (κ1) is 15.6. The second-order valence-corrected chi connectivity index (χ2v) is 5.29. The van der Waals surface area contributed by atoms with Gasteiger partial charge < -0.3 is 14.9 Å². The summed E-state index contributed by atoms with van der Waals surface area (Å²) in [6, 6.07) is 5.22. The van der Waals surface area contributed by atoms with Crippen molar-refractivity contribution in [3.63, 3.8) is 0 Å². The van der Waals surface area contributed by atoms with Gasteiger partial charge in [0.2, 0.25) is 0 Å². The highest BCUT2D eigenvalue weighted by Gasteiger charge is 2.17. The average Bonchev–Trinajstić information content (AvgIpc) is 2.66. The summed E-state index contributed by atoms with van der Waals surface area (Å²) in [5.74, 6) is 0.210. The number of hydrogen-bond acceptors (Lipinski definition) is 5. The Morgan fingerprint density at radius 2 is 1.95 bits per heavy atom. The molecular weight excluding hydrogens is 272 g/mol. The van der Waals surface area contributed by atoms with Crippen LogP contribution in [-0.4, -0.2) is 65.8 Å². The maximum atomic E-state index is 10.8. The Kier molecular flexibility index (Phi) is 5.41. The van der Waals surface area contributed by atoms with E-state index in [1.807, 2.05) is 11.0 Å². The molecule has 0 spiro atoms. The molecule has 1 fully saturated rings. The van der Waals surface area contributed by atoms with Crippen molar-refractivity contribution in [1.82, 2.24) is 9.80 Å². The van der Waals surface area contributed by atoms with Crippen molar-refractivity contribution in [3.8, 4) is 11.5 Å². The molecule has 0 bridgehead atoms. The van der Waals surface area contributed by atoms with Crippen LogP contribution in [0, 0.1) is 0 Å². The van der Waals surface area contributed by atoms with Crippen molar-refractivity contribution < 1.29 is 19.7 Å². The fourth-order valence-electron chi connectivity index (χ4n) is 2.59. The van der Waals surface area contributed by atoms with Gasteiger partial charge in [0.15, 0.2) is 0 Å². The van der Waals surface area contributed by atoms with Crippen molar-refractivity contribution in [1.29, 1.82) is 0 Å². The van der Waals surface area contributed by atoms with E-state index in [9.17, 15) is 9.90 Å². The summed E-state index contributed by atoms with van der Waals surface area (Å²) in [4.78, 5) is 14.9. The monoisotopic (exact) mass is 294 g/mol. The number of phenolic OH excluding ortho intramolecular Hbond substituents is 1. The third-order valence-electron chi connectivity index (χ3n) is 3.72. The smallest absolute Gasteiger partial charge is 0.317 e. The lowest BCUT2D eigenvalue weighted by Gasteiger charge is -2.21. The lowest BCUT2D eigenvalue weighted by atomic mass is 10.1. The zero-order valence-corrected chi connectivity index (χ0v) is 12.3. The SMILES string of the molecule is COc1ccc(O)c(CN2CCCN(CC(=O)O)CC2)c1. The van der Waals surface area contributed by atoms with Gasteiger partial charge >= 0.3 is 5.97 Å². The molecule has 0 radical (unpaired) electrons.